The Morgan fingerprint density at radius 1 is 1.09 bits per heavy atom. The lowest BCUT2D eigenvalue weighted by Gasteiger charge is -2.47. The fraction of sp³-hybridized carbons (Fsp3) is 0.452. The Balaban J connectivity index is 1.30. The first-order chi connectivity index (χ1) is 25.9. The number of ether oxygens (including phenoxy) is 3. The summed E-state index contributed by atoms with van der Waals surface area (Å²) >= 11 is 7.00. The van der Waals surface area contributed by atoms with Crippen LogP contribution in [0, 0.1) is 16.7 Å². The Morgan fingerprint density at radius 3 is 2.61 bits per heavy atom. The van der Waals surface area contributed by atoms with E-state index in [1.54, 1.807) is 29.3 Å². The number of aliphatic carboxylic acids is 1. The fourth-order valence-corrected chi connectivity index (χ4v) is 8.08. The molecule has 6 rings (SSSR count). The average Bonchev–Trinajstić information content (AvgIpc) is 3.77. The molecule has 11 nitrogen and oxygen atoms in total. The SMILES string of the molecule is CC(c1cc(Cl)c(OCC2(OCCCN3CC[C@@H](O)C3)C=CC=C(c3ccccc3)C2(C)C)cc1OCc1cncc(C#N)c1)N1C[C@H](O)C[C@H]1C(=O)O. The second-order valence-electron chi connectivity index (χ2n) is 15.0. The van der Waals surface area contributed by atoms with Crippen LogP contribution in [0.5, 0.6) is 11.5 Å². The molecule has 3 heterocycles. The number of β-amino-alcohol motifs (C(OH)–C–C–N with tert-alkyl or cyclic N) is 2. The summed E-state index contributed by atoms with van der Waals surface area (Å²) in [5.74, 6) is -0.237. The Bertz CT molecular complexity index is 1900. The highest BCUT2D eigenvalue weighted by atomic mass is 35.5. The van der Waals surface area contributed by atoms with Crippen molar-refractivity contribution in [2.24, 2.45) is 5.41 Å². The third-order valence-electron chi connectivity index (χ3n) is 11.0. The molecular formula is C42H49ClN4O7. The number of allylic oxidation sites excluding steroid dienone is 2. The minimum atomic E-state index is -1.01. The van der Waals surface area contributed by atoms with E-state index >= 15 is 0 Å². The van der Waals surface area contributed by atoms with E-state index in [1.165, 1.54) is 6.20 Å². The van der Waals surface area contributed by atoms with E-state index in [4.69, 9.17) is 25.8 Å². The number of nitrogens with zero attached hydrogens (tertiary/aromatic N) is 4. The third kappa shape index (κ3) is 8.65. The van der Waals surface area contributed by atoms with Crippen molar-refractivity contribution in [3.63, 3.8) is 0 Å². The van der Waals surface area contributed by atoms with Gasteiger partial charge in [0, 0.05) is 80.3 Å². The van der Waals surface area contributed by atoms with Gasteiger partial charge in [0.15, 0.2) is 0 Å². The van der Waals surface area contributed by atoms with Crippen LogP contribution >= 0.6 is 11.6 Å². The summed E-state index contributed by atoms with van der Waals surface area (Å²) in [5.41, 5.74) is 2.43. The minimum Gasteiger partial charge on any atom is -0.488 e. The molecule has 5 atom stereocenters. The first-order valence-corrected chi connectivity index (χ1v) is 18.9. The summed E-state index contributed by atoms with van der Waals surface area (Å²) in [7, 11) is 0. The number of hydrogen-bond acceptors (Lipinski definition) is 10. The van der Waals surface area contributed by atoms with Gasteiger partial charge in [0.1, 0.15) is 42.4 Å². The molecule has 2 aromatic carbocycles. The summed E-state index contributed by atoms with van der Waals surface area (Å²) in [6, 6.07) is 16.1. The molecule has 12 heteroatoms. The normalized spacial score (nSPS) is 24.5. The predicted octanol–water partition coefficient (Wildman–Crippen LogP) is 6.04. The summed E-state index contributed by atoms with van der Waals surface area (Å²) in [6.45, 7) is 9.37. The highest BCUT2D eigenvalue weighted by Gasteiger charge is 2.49. The monoisotopic (exact) mass is 756 g/mol. The standard InChI is InChI=1S/C42H49ClN4O7/c1-28(47-25-33(49)18-37(47)40(50)51)34-19-36(43)39(20-38(34)52-26-30-17-29(21-44)22-45-23-30)53-27-42(54-16-8-14-46-15-12-32(48)24-46)13-7-11-35(41(42,2)3)31-9-5-4-6-10-31/h4-7,9-11,13,17,19-20,22-23,28,32-33,37,48-49H,8,12,14-16,18,24-27H2,1-3H3,(H,50,51)/t28?,32-,33-,37+,42?/m1/s1. The first-order valence-electron chi connectivity index (χ1n) is 18.5. The summed E-state index contributed by atoms with van der Waals surface area (Å²) in [6.07, 6.45) is 9.90. The van der Waals surface area contributed by atoms with Gasteiger partial charge in [-0.25, -0.2) is 0 Å². The zero-order chi connectivity index (χ0) is 38.5. The average molecular weight is 757 g/mol. The van der Waals surface area contributed by atoms with E-state index in [0.29, 0.717) is 46.4 Å². The van der Waals surface area contributed by atoms with Crippen molar-refractivity contribution in [2.75, 3.05) is 39.4 Å². The van der Waals surface area contributed by atoms with Crippen molar-refractivity contribution in [3.8, 4) is 17.6 Å². The molecule has 0 amide bonds. The number of nitriles is 1. The van der Waals surface area contributed by atoms with Crippen LogP contribution in [0.3, 0.4) is 0 Å². The number of aromatic nitrogens is 1. The van der Waals surface area contributed by atoms with E-state index < -0.39 is 35.2 Å². The number of carboxylic acid groups (broad SMARTS) is 1. The molecule has 1 aromatic heterocycles. The zero-order valence-corrected chi connectivity index (χ0v) is 31.8. The highest BCUT2D eigenvalue weighted by molar-refractivity contribution is 6.32. The number of aliphatic hydroxyl groups is 2. The van der Waals surface area contributed by atoms with E-state index in [2.05, 4.69) is 54.1 Å². The van der Waals surface area contributed by atoms with Gasteiger partial charge >= 0.3 is 5.97 Å². The number of pyridine rings is 1. The third-order valence-corrected chi connectivity index (χ3v) is 11.3. The molecule has 286 valence electrons. The summed E-state index contributed by atoms with van der Waals surface area (Å²) in [4.78, 5) is 20.3. The number of carbonyl (C=O) groups is 1. The van der Waals surface area contributed by atoms with E-state index in [-0.39, 0.29) is 32.3 Å². The van der Waals surface area contributed by atoms with Crippen molar-refractivity contribution in [1.82, 2.24) is 14.8 Å². The maximum absolute atomic E-state index is 12.2. The lowest BCUT2D eigenvalue weighted by molar-refractivity contribution is -0.143. The Kier molecular flexibility index (Phi) is 12.4. The Morgan fingerprint density at radius 2 is 1.89 bits per heavy atom. The molecule has 2 aliphatic heterocycles. The number of likely N-dealkylation sites (tertiary alicyclic amines) is 2. The van der Waals surface area contributed by atoms with Crippen molar-refractivity contribution in [2.45, 2.75) is 76.5 Å². The van der Waals surface area contributed by atoms with E-state index in [9.17, 15) is 25.4 Å². The van der Waals surface area contributed by atoms with Gasteiger partial charge in [-0.15, -0.1) is 0 Å². The second-order valence-corrected chi connectivity index (χ2v) is 15.4. The Labute approximate surface area is 322 Å². The first kappa shape index (κ1) is 39.4. The van der Waals surface area contributed by atoms with Crippen LogP contribution in [0.4, 0.5) is 0 Å². The number of benzene rings is 2. The van der Waals surface area contributed by atoms with Gasteiger partial charge in [-0.1, -0.05) is 67.9 Å². The quantitative estimate of drug-likeness (QED) is 0.156. The summed E-state index contributed by atoms with van der Waals surface area (Å²) in [5, 5.41) is 40.1. The molecule has 2 fully saturated rings. The topological polar surface area (TPSA) is 149 Å². The highest BCUT2D eigenvalue weighted by Crippen LogP contribution is 2.50. The maximum atomic E-state index is 12.2. The molecule has 2 unspecified atom stereocenters. The van der Waals surface area contributed by atoms with Gasteiger partial charge in [0.25, 0.3) is 0 Å². The number of halogens is 1. The molecule has 0 bridgehead atoms. The fourth-order valence-electron chi connectivity index (χ4n) is 7.85. The van der Waals surface area contributed by atoms with E-state index in [1.807, 2.05) is 31.2 Å². The van der Waals surface area contributed by atoms with Crippen LogP contribution in [0.1, 0.15) is 68.3 Å². The van der Waals surface area contributed by atoms with Crippen LogP contribution in [-0.2, 0) is 16.1 Å². The lowest BCUT2D eigenvalue weighted by atomic mass is 9.65. The van der Waals surface area contributed by atoms with Crippen molar-refractivity contribution in [3.05, 3.63) is 106 Å². The molecule has 3 aliphatic rings. The number of rotatable bonds is 15. The van der Waals surface area contributed by atoms with Crippen LogP contribution in [-0.4, -0.2) is 99.3 Å². The maximum Gasteiger partial charge on any atom is 0.321 e. The predicted molar refractivity (Wildman–Crippen MR) is 205 cm³/mol. The molecule has 3 N–H and O–H groups in total. The number of aliphatic hydroxyl groups excluding tert-OH is 2. The lowest BCUT2D eigenvalue weighted by Crippen LogP contribution is -2.52. The molecule has 0 radical (unpaired) electrons. The van der Waals surface area contributed by atoms with Crippen molar-refractivity contribution in [1.29, 1.82) is 5.26 Å². The minimum absolute atomic E-state index is 0.0798. The van der Waals surface area contributed by atoms with E-state index in [0.717, 1.165) is 37.1 Å². The zero-order valence-electron chi connectivity index (χ0n) is 31.0. The molecule has 0 spiro atoms. The second kappa shape index (κ2) is 17.0. The van der Waals surface area contributed by atoms with Crippen LogP contribution in [0.25, 0.3) is 5.57 Å². The van der Waals surface area contributed by atoms with Crippen molar-refractivity contribution < 1.29 is 34.3 Å². The molecule has 2 saturated heterocycles. The molecule has 1 aliphatic carbocycles. The van der Waals surface area contributed by atoms with Gasteiger partial charge in [0.2, 0.25) is 0 Å². The van der Waals surface area contributed by atoms with Gasteiger partial charge in [-0.3, -0.25) is 14.7 Å². The molecule has 0 saturated carbocycles. The number of carboxylic acids is 1. The van der Waals surface area contributed by atoms with Crippen LogP contribution < -0.4 is 9.47 Å². The van der Waals surface area contributed by atoms with Crippen LogP contribution in [0.15, 0.2) is 79.2 Å². The van der Waals surface area contributed by atoms with Gasteiger partial charge in [-0.2, -0.15) is 5.26 Å². The Hall–Kier alpha value is -4.28. The molecule has 54 heavy (non-hydrogen) atoms. The van der Waals surface area contributed by atoms with Gasteiger partial charge in [-0.05, 0) is 49.1 Å². The molecule has 3 aromatic rings. The van der Waals surface area contributed by atoms with Crippen molar-refractivity contribution >= 4 is 23.1 Å². The largest absolute Gasteiger partial charge is 0.488 e. The summed E-state index contributed by atoms with van der Waals surface area (Å²) < 4.78 is 19.9. The smallest absolute Gasteiger partial charge is 0.321 e. The van der Waals surface area contributed by atoms with Crippen LogP contribution in [0.2, 0.25) is 5.02 Å². The molecular weight excluding hydrogens is 708 g/mol. The number of hydrogen-bond donors (Lipinski definition) is 3. The van der Waals surface area contributed by atoms with Gasteiger partial charge in [0.05, 0.1) is 22.8 Å². The van der Waals surface area contributed by atoms with Gasteiger partial charge < -0.3 is 34.4 Å².